The molecule has 0 heterocycles. The SMILES string of the molecule is CC(=O)NC1CC2CC(O)CC(C)(C2)C1. The molecule has 0 saturated heterocycles. The van der Waals surface area contributed by atoms with Gasteiger partial charge in [-0.1, -0.05) is 6.92 Å². The highest BCUT2D eigenvalue weighted by Gasteiger charge is 2.43. The van der Waals surface area contributed by atoms with Gasteiger partial charge >= 0.3 is 0 Å². The molecular weight excluding hydrogens is 190 g/mol. The minimum Gasteiger partial charge on any atom is -0.393 e. The average Bonchev–Trinajstić information content (AvgIpc) is 1.96. The van der Waals surface area contributed by atoms with Crippen LogP contribution >= 0.6 is 0 Å². The highest BCUT2D eigenvalue weighted by atomic mass is 16.3. The zero-order valence-electron chi connectivity index (χ0n) is 9.62. The lowest BCUT2D eigenvalue weighted by Gasteiger charge is -2.48. The first kappa shape index (κ1) is 10.9. The van der Waals surface area contributed by atoms with Crippen LogP contribution in [0.25, 0.3) is 0 Å². The number of carbonyl (C=O) groups is 1. The maximum atomic E-state index is 11.0. The van der Waals surface area contributed by atoms with Crippen molar-refractivity contribution in [2.45, 2.75) is 58.1 Å². The number of aliphatic hydroxyl groups is 1. The quantitative estimate of drug-likeness (QED) is 0.689. The fraction of sp³-hybridized carbons (Fsp3) is 0.917. The summed E-state index contributed by atoms with van der Waals surface area (Å²) in [4.78, 5) is 11.0. The Balaban J connectivity index is 2.02. The Kier molecular flexibility index (Phi) is 2.75. The molecule has 4 unspecified atom stereocenters. The fourth-order valence-electron chi connectivity index (χ4n) is 3.72. The number of carbonyl (C=O) groups excluding carboxylic acids is 1. The zero-order chi connectivity index (χ0) is 11.1. The van der Waals surface area contributed by atoms with E-state index in [1.54, 1.807) is 6.92 Å². The standard InChI is InChI=1S/C12H21NO2/c1-8(14)13-10-3-9-4-11(15)7-12(2,5-9)6-10/h9-11,15H,3-7H2,1-2H3,(H,13,14). The molecule has 3 heteroatoms. The smallest absolute Gasteiger partial charge is 0.217 e. The van der Waals surface area contributed by atoms with E-state index in [-0.39, 0.29) is 17.4 Å². The highest BCUT2D eigenvalue weighted by Crippen LogP contribution is 2.48. The summed E-state index contributed by atoms with van der Waals surface area (Å²) in [6.45, 7) is 3.83. The van der Waals surface area contributed by atoms with E-state index in [4.69, 9.17) is 0 Å². The summed E-state index contributed by atoms with van der Waals surface area (Å²) in [5.41, 5.74) is 0.244. The van der Waals surface area contributed by atoms with E-state index in [9.17, 15) is 9.90 Å². The van der Waals surface area contributed by atoms with Gasteiger partial charge in [0.05, 0.1) is 6.10 Å². The van der Waals surface area contributed by atoms with Crippen molar-refractivity contribution >= 4 is 5.91 Å². The van der Waals surface area contributed by atoms with Gasteiger partial charge in [-0.15, -0.1) is 0 Å². The normalized spacial score (nSPS) is 44.9. The van der Waals surface area contributed by atoms with E-state index in [0.29, 0.717) is 12.0 Å². The predicted octanol–water partition coefficient (Wildman–Crippen LogP) is 1.45. The lowest BCUT2D eigenvalue weighted by Crippen LogP contribution is -2.48. The van der Waals surface area contributed by atoms with Crippen molar-refractivity contribution in [3.63, 3.8) is 0 Å². The number of hydrogen-bond donors (Lipinski definition) is 2. The lowest BCUT2D eigenvalue weighted by atomic mass is 9.61. The molecule has 2 N–H and O–H groups in total. The summed E-state index contributed by atoms with van der Waals surface area (Å²) in [6.07, 6.45) is 5.00. The van der Waals surface area contributed by atoms with Gasteiger partial charge in [0.1, 0.15) is 0 Å². The molecule has 2 rings (SSSR count). The monoisotopic (exact) mass is 211 g/mol. The summed E-state index contributed by atoms with van der Waals surface area (Å²) in [5.74, 6) is 0.675. The Bertz CT molecular complexity index is 262. The van der Waals surface area contributed by atoms with Crippen molar-refractivity contribution in [2.75, 3.05) is 0 Å². The number of nitrogens with one attached hydrogen (secondary N) is 1. The van der Waals surface area contributed by atoms with Crippen molar-refractivity contribution in [3.05, 3.63) is 0 Å². The van der Waals surface area contributed by atoms with Gasteiger partial charge in [0.25, 0.3) is 0 Å². The molecule has 0 aromatic rings. The van der Waals surface area contributed by atoms with Gasteiger partial charge in [-0.25, -0.2) is 0 Å². The molecule has 2 aliphatic carbocycles. The molecule has 86 valence electrons. The van der Waals surface area contributed by atoms with Crippen LogP contribution in [-0.2, 0) is 4.79 Å². The van der Waals surface area contributed by atoms with Crippen LogP contribution in [0, 0.1) is 11.3 Å². The van der Waals surface area contributed by atoms with Gasteiger partial charge in [0, 0.05) is 13.0 Å². The zero-order valence-corrected chi connectivity index (χ0v) is 9.62. The number of amides is 1. The van der Waals surface area contributed by atoms with Gasteiger partial charge in [-0.05, 0) is 43.4 Å². The molecule has 0 aromatic heterocycles. The van der Waals surface area contributed by atoms with E-state index >= 15 is 0 Å². The molecule has 0 radical (unpaired) electrons. The summed E-state index contributed by atoms with van der Waals surface area (Å²) < 4.78 is 0. The second kappa shape index (κ2) is 3.78. The highest BCUT2D eigenvalue weighted by molar-refractivity contribution is 5.73. The van der Waals surface area contributed by atoms with E-state index in [1.165, 1.54) is 6.42 Å². The van der Waals surface area contributed by atoms with Crippen molar-refractivity contribution in [1.29, 1.82) is 0 Å². The maximum Gasteiger partial charge on any atom is 0.217 e. The Hall–Kier alpha value is -0.570. The number of aliphatic hydroxyl groups excluding tert-OH is 1. The van der Waals surface area contributed by atoms with Gasteiger partial charge in [0.2, 0.25) is 5.91 Å². The fourth-order valence-corrected chi connectivity index (χ4v) is 3.72. The minimum atomic E-state index is -0.118. The van der Waals surface area contributed by atoms with E-state index in [2.05, 4.69) is 12.2 Å². The number of hydrogen-bond acceptors (Lipinski definition) is 2. The van der Waals surface area contributed by atoms with Crippen LogP contribution < -0.4 is 5.32 Å². The summed E-state index contributed by atoms with van der Waals surface area (Å²) in [6, 6.07) is 0.332. The van der Waals surface area contributed by atoms with Crippen LogP contribution in [-0.4, -0.2) is 23.2 Å². The molecule has 0 spiro atoms. The Morgan fingerprint density at radius 3 is 2.67 bits per heavy atom. The predicted molar refractivity (Wildman–Crippen MR) is 58.3 cm³/mol. The molecule has 15 heavy (non-hydrogen) atoms. The summed E-state index contributed by atoms with van der Waals surface area (Å²) >= 11 is 0. The molecule has 0 aliphatic heterocycles. The second-order valence-corrected chi connectivity index (χ2v) is 5.81. The van der Waals surface area contributed by atoms with Gasteiger partial charge in [-0.3, -0.25) is 4.79 Å². The van der Waals surface area contributed by atoms with Crippen molar-refractivity contribution in [2.24, 2.45) is 11.3 Å². The molecule has 3 nitrogen and oxygen atoms in total. The Labute approximate surface area is 91.2 Å². The van der Waals surface area contributed by atoms with Crippen LogP contribution in [0.1, 0.15) is 46.0 Å². The van der Waals surface area contributed by atoms with Crippen LogP contribution in [0.4, 0.5) is 0 Å². The first-order valence-electron chi connectivity index (χ1n) is 5.92. The van der Waals surface area contributed by atoms with Gasteiger partial charge < -0.3 is 10.4 Å². The van der Waals surface area contributed by atoms with Crippen LogP contribution in [0.3, 0.4) is 0 Å². The molecule has 1 amide bonds. The first-order valence-corrected chi connectivity index (χ1v) is 5.92. The first-order chi connectivity index (χ1) is 6.97. The van der Waals surface area contributed by atoms with E-state index < -0.39 is 0 Å². The second-order valence-electron chi connectivity index (χ2n) is 5.81. The molecule has 0 aromatic carbocycles. The molecule has 2 saturated carbocycles. The minimum absolute atomic E-state index is 0.0733. The molecule has 2 aliphatic rings. The van der Waals surface area contributed by atoms with Crippen LogP contribution in [0.15, 0.2) is 0 Å². The molecule has 2 bridgehead atoms. The number of rotatable bonds is 1. The third kappa shape index (κ3) is 2.51. The lowest BCUT2D eigenvalue weighted by molar-refractivity contribution is -0.120. The summed E-state index contributed by atoms with van der Waals surface area (Å²) in [5, 5.41) is 12.8. The maximum absolute atomic E-state index is 11.0. The van der Waals surface area contributed by atoms with E-state index in [1.807, 2.05) is 0 Å². The average molecular weight is 211 g/mol. The number of fused-ring (bicyclic) bond motifs is 2. The van der Waals surface area contributed by atoms with Crippen molar-refractivity contribution in [3.8, 4) is 0 Å². The molecule has 2 fully saturated rings. The van der Waals surface area contributed by atoms with E-state index in [0.717, 1.165) is 25.7 Å². The van der Waals surface area contributed by atoms with Crippen LogP contribution in [0.2, 0.25) is 0 Å². The molecule has 4 atom stereocenters. The van der Waals surface area contributed by atoms with Gasteiger partial charge in [-0.2, -0.15) is 0 Å². The molecular formula is C12H21NO2. The third-order valence-electron chi connectivity index (χ3n) is 3.88. The van der Waals surface area contributed by atoms with Crippen molar-refractivity contribution < 1.29 is 9.90 Å². The van der Waals surface area contributed by atoms with Crippen LogP contribution in [0.5, 0.6) is 0 Å². The van der Waals surface area contributed by atoms with Crippen molar-refractivity contribution in [1.82, 2.24) is 5.32 Å². The Morgan fingerprint density at radius 1 is 1.33 bits per heavy atom. The van der Waals surface area contributed by atoms with Gasteiger partial charge in [0.15, 0.2) is 0 Å². The topological polar surface area (TPSA) is 49.3 Å². The third-order valence-corrected chi connectivity index (χ3v) is 3.88. The summed E-state index contributed by atoms with van der Waals surface area (Å²) in [7, 11) is 0. The Morgan fingerprint density at radius 2 is 2.07 bits per heavy atom. The largest absolute Gasteiger partial charge is 0.393 e.